The summed E-state index contributed by atoms with van der Waals surface area (Å²) in [6.07, 6.45) is 1.49. The SMILES string of the molecule is C=C(C(=O)O)c1cccnc1Cl. The van der Waals surface area contributed by atoms with Crippen LogP contribution in [0, 0.1) is 0 Å². The summed E-state index contributed by atoms with van der Waals surface area (Å²) in [5, 5.41) is 8.73. The highest BCUT2D eigenvalue weighted by Gasteiger charge is 2.10. The highest BCUT2D eigenvalue weighted by molar-refractivity contribution is 6.33. The third-order valence-electron chi connectivity index (χ3n) is 1.34. The molecule has 1 aromatic heterocycles. The van der Waals surface area contributed by atoms with Crippen LogP contribution < -0.4 is 0 Å². The van der Waals surface area contributed by atoms with E-state index in [4.69, 9.17) is 16.7 Å². The van der Waals surface area contributed by atoms with Gasteiger partial charge in [-0.1, -0.05) is 18.2 Å². The molecule has 1 N–H and O–H groups in total. The Morgan fingerprint density at radius 1 is 1.67 bits per heavy atom. The van der Waals surface area contributed by atoms with E-state index in [0.29, 0.717) is 5.56 Å². The minimum absolute atomic E-state index is 0.0481. The lowest BCUT2D eigenvalue weighted by molar-refractivity contribution is -0.130. The Labute approximate surface area is 74.3 Å². The maximum absolute atomic E-state index is 10.5. The molecule has 62 valence electrons. The molecule has 0 aliphatic rings. The Morgan fingerprint density at radius 2 is 2.33 bits per heavy atom. The molecule has 0 saturated carbocycles. The second-order valence-electron chi connectivity index (χ2n) is 2.13. The Bertz CT molecular complexity index is 336. The second kappa shape index (κ2) is 3.36. The molecule has 0 aromatic carbocycles. The molecule has 3 nitrogen and oxygen atoms in total. The van der Waals surface area contributed by atoms with Crippen molar-refractivity contribution in [1.29, 1.82) is 0 Å². The number of rotatable bonds is 2. The quantitative estimate of drug-likeness (QED) is 0.562. The van der Waals surface area contributed by atoms with Gasteiger partial charge in [-0.05, 0) is 12.1 Å². The summed E-state index contributed by atoms with van der Waals surface area (Å²) in [6, 6.07) is 3.17. The van der Waals surface area contributed by atoms with Crippen molar-refractivity contribution in [2.75, 3.05) is 0 Å². The lowest BCUT2D eigenvalue weighted by atomic mass is 10.1. The van der Waals surface area contributed by atoms with Crippen molar-refractivity contribution in [3.05, 3.63) is 35.6 Å². The van der Waals surface area contributed by atoms with Crippen molar-refractivity contribution in [2.45, 2.75) is 0 Å². The van der Waals surface area contributed by atoms with E-state index in [0.717, 1.165) is 0 Å². The number of pyridine rings is 1. The minimum atomic E-state index is -1.09. The van der Waals surface area contributed by atoms with Gasteiger partial charge in [-0.15, -0.1) is 0 Å². The molecule has 4 heteroatoms. The molecule has 12 heavy (non-hydrogen) atoms. The number of carboxylic acids is 1. The number of carbonyl (C=O) groups is 1. The van der Waals surface area contributed by atoms with Gasteiger partial charge in [0.1, 0.15) is 5.15 Å². The first-order valence-corrected chi connectivity index (χ1v) is 3.54. The normalized spacial score (nSPS) is 9.42. The van der Waals surface area contributed by atoms with E-state index in [1.807, 2.05) is 0 Å². The third-order valence-corrected chi connectivity index (χ3v) is 1.64. The van der Waals surface area contributed by atoms with E-state index in [1.54, 1.807) is 12.1 Å². The van der Waals surface area contributed by atoms with Gasteiger partial charge in [-0.2, -0.15) is 0 Å². The van der Waals surface area contributed by atoms with Gasteiger partial charge in [0.15, 0.2) is 0 Å². The fourth-order valence-electron chi connectivity index (χ4n) is 0.726. The van der Waals surface area contributed by atoms with E-state index >= 15 is 0 Å². The molecule has 0 fully saturated rings. The predicted molar refractivity (Wildman–Crippen MR) is 45.9 cm³/mol. The predicted octanol–water partition coefficient (Wildman–Crippen LogP) is 1.83. The first kappa shape index (κ1) is 8.74. The lowest BCUT2D eigenvalue weighted by Crippen LogP contribution is -1.99. The lowest BCUT2D eigenvalue weighted by Gasteiger charge is -2.00. The topological polar surface area (TPSA) is 50.2 Å². The molecule has 0 aliphatic heterocycles. The number of carboxylic acid groups (broad SMARTS) is 1. The standard InChI is InChI=1S/C8H6ClNO2/c1-5(8(11)12)6-3-2-4-10-7(6)9/h2-4H,1H2,(H,11,12). The Kier molecular flexibility index (Phi) is 2.45. The molecule has 1 heterocycles. The molecular weight excluding hydrogens is 178 g/mol. The monoisotopic (exact) mass is 183 g/mol. The summed E-state index contributed by atoms with van der Waals surface area (Å²) in [4.78, 5) is 14.2. The number of hydrogen-bond acceptors (Lipinski definition) is 2. The van der Waals surface area contributed by atoms with E-state index in [-0.39, 0.29) is 10.7 Å². The van der Waals surface area contributed by atoms with E-state index in [2.05, 4.69) is 11.6 Å². The maximum Gasteiger partial charge on any atom is 0.335 e. The summed E-state index contributed by atoms with van der Waals surface area (Å²) in [6.45, 7) is 3.36. The number of halogens is 1. The van der Waals surface area contributed by atoms with Gasteiger partial charge in [0.25, 0.3) is 0 Å². The molecule has 0 unspecified atom stereocenters. The Morgan fingerprint density at radius 3 is 2.83 bits per heavy atom. The maximum atomic E-state index is 10.5. The highest BCUT2D eigenvalue weighted by Crippen LogP contribution is 2.19. The summed E-state index contributed by atoms with van der Waals surface area (Å²) in [5.74, 6) is -1.09. The number of hydrogen-bond donors (Lipinski definition) is 1. The average Bonchev–Trinajstić information content (AvgIpc) is 2.04. The van der Waals surface area contributed by atoms with Crippen LogP contribution in [0.3, 0.4) is 0 Å². The van der Waals surface area contributed by atoms with E-state index < -0.39 is 5.97 Å². The molecule has 1 rings (SSSR count). The first-order valence-electron chi connectivity index (χ1n) is 3.16. The van der Waals surface area contributed by atoms with Crippen LogP contribution in [-0.2, 0) is 4.79 Å². The summed E-state index contributed by atoms with van der Waals surface area (Å²) >= 11 is 5.63. The minimum Gasteiger partial charge on any atom is -0.478 e. The molecule has 0 aliphatic carbocycles. The van der Waals surface area contributed by atoms with E-state index in [1.165, 1.54) is 6.20 Å². The zero-order valence-electron chi connectivity index (χ0n) is 6.12. The summed E-state index contributed by atoms with van der Waals surface area (Å²) in [5.41, 5.74) is 0.305. The van der Waals surface area contributed by atoms with E-state index in [9.17, 15) is 4.79 Å². The summed E-state index contributed by atoms with van der Waals surface area (Å²) in [7, 11) is 0. The molecule has 0 spiro atoms. The van der Waals surface area contributed by atoms with Crippen molar-refractivity contribution in [3.63, 3.8) is 0 Å². The van der Waals surface area contributed by atoms with Crippen molar-refractivity contribution in [1.82, 2.24) is 4.98 Å². The molecular formula is C8H6ClNO2. The van der Waals surface area contributed by atoms with Crippen molar-refractivity contribution < 1.29 is 9.90 Å². The van der Waals surface area contributed by atoms with Crippen LogP contribution in [0.25, 0.3) is 5.57 Å². The zero-order valence-corrected chi connectivity index (χ0v) is 6.88. The molecule has 0 bridgehead atoms. The van der Waals surface area contributed by atoms with Crippen molar-refractivity contribution in [3.8, 4) is 0 Å². The molecule has 0 radical (unpaired) electrons. The molecule has 1 aromatic rings. The van der Waals surface area contributed by atoms with Crippen LogP contribution in [0.1, 0.15) is 5.56 Å². The van der Waals surface area contributed by atoms with Gasteiger partial charge in [-0.25, -0.2) is 9.78 Å². The molecule has 0 atom stereocenters. The summed E-state index contributed by atoms with van der Waals surface area (Å²) < 4.78 is 0. The highest BCUT2D eigenvalue weighted by atomic mass is 35.5. The van der Waals surface area contributed by atoms with Crippen LogP contribution in [0.15, 0.2) is 24.9 Å². The third kappa shape index (κ3) is 1.62. The van der Waals surface area contributed by atoms with Crippen LogP contribution >= 0.6 is 11.6 Å². The second-order valence-corrected chi connectivity index (χ2v) is 2.48. The van der Waals surface area contributed by atoms with Gasteiger partial charge in [0.2, 0.25) is 0 Å². The fraction of sp³-hybridized carbons (Fsp3) is 0. The van der Waals surface area contributed by atoms with Crippen molar-refractivity contribution >= 4 is 23.1 Å². The van der Waals surface area contributed by atoms with Gasteiger partial charge < -0.3 is 5.11 Å². The molecule has 0 saturated heterocycles. The fourth-order valence-corrected chi connectivity index (χ4v) is 0.960. The van der Waals surface area contributed by atoms with Crippen LogP contribution in [0.5, 0.6) is 0 Å². The van der Waals surface area contributed by atoms with Crippen LogP contribution in [0.2, 0.25) is 5.15 Å². The smallest absolute Gasteiger partial charge is 0.335 e. The number of aliphatic carboxylic acids is 1. The molecule has 0 amide bonds. The largest absolute Gasteiger partial charge is 0.478 e. The first-order chi connectivity index (χ1) is 5.63. The number of nitrogens with zero attached hydrogens (tertiary/aromatic N) is 1. The number of aromatic nitrogens is 1. The zero-order chi connectivity index (χ0) is 9.14. The van der Waals surface area contributed by atoms with Gasteiger partial charge in [0, 0.05) is 11.8 Å². The Balaban J connectivity index is 3.11. The van der Waals surface area contributed by atoms with Gasteiger partial charge in [0.05, 0.1) is 5.57 Å². The Hall–Kier alpha value is -1.35. The van der Waals surface area contributed by atoms with Crippen molar-refractivity contribution in [2.24, 2.45) is 0 Å². The van der Waals surface area contributed by atoms with Gasteiger partial charge >= 0.3 is 5.97 Å². The van der Waals surface area contributed by atoms with Crippen LogP contribution in [0.4, 0.5) is 0 Å². The average molecular weight is 184 g/mol. The van der Waals surface area contributed by atoms with Crippen LogP contribution in [-0.4, -0.2) is 16.1 Å². The van der Waals surface area contributed by atoms with Gasteiger partial charge in [-0.3, -0.25) is 0 Å².